The Kier molecular flexibility index (Phi) is 2.69. The van der Waals surface area contributed by atoms with Crippen LogP contribution in [0.5, 0.6) is 0 Å². The van der Waals surface area contributed by atoms with Gasteiger partial charge in [0.05, 0.1) is 6.42 Å². The second-order valence-electron chi connectivity index (χ2n) is 4.32. The van der Waals surface area contributed by atoms with E-state index in [9.17, 15) is 18.4 Å². The van der Waals surface area contributed by atoms with Crippen LogP contribution in [-0.4, -0.2) is 17.4 Å². The van der Waals surface area contributed by atoms with E-state index in [2.05, 4.69) is 0 Å². The van der Waals surface area contributed by atoms with Crippen molar-refractivity contribution in [1.82, 2.24) is 0 Å². The highest BCUT2D eigenvalue weighted by atomic mass is 19.2. The average Bonchev–Trinajstić information content (AvgIpc) is 3.01. The summed E-state index contributed by atoms with van der Waals surface area (Å²) in [5.41, 5.74) is -0.368. The molecule has 1 N–H and O–H groups in total. The largest absolute Gasteiger partial charge is 0.481 e. The summed E-state index contributed by atoms with van der Waals surface area (Å²) in [4.78, 5) is 21.5. The van der Waals surface area contributed by atoms with Gasteiger partial charge in [-0.1, -0.05) is 0 Å². The lowest BCUT2D eigenvalue weighted by Gasteiger charge is -2.15. The van der Waals surface area contributed by atoms with E-state index < -0.39 is 23.0 Å². The van der Waals surface area contributed by atoms with Gasteiger partial charge in [-0.05, 0) is 30.5 Å². The number of carbonyl (C=O) groups is 2. The van der Waals surface area contributed by atoms with Crippen molar-refractivity contribution >= 4 is 12.3 Å². The molecule has 90 valence electrons. The summed E-state index contributed by atoms with van der Waals surface area (Å²) in [7, 11) is 0. The van der Waals surface area contributed by atoms with Crippen molar-refractivity contribution in [2.75, 3.05) is 0 Å². The van der Waals surface area contributed by atoms with Crippen LogP contribution in [0.25, 0.3) is 0 Å². The fraction of sp³-hybridized carbons (Fsp3) is 0.333. The third-order valence-electron chi connectivity index (χ3n) is 3.13. The fourth-order valence-electron chi connectivity index (χ4n) is 2.10. The lowest BCUT2D eigenvalue weighted by atomic mass is 9.88. The normalized spacial score (nSPS) is 16.6. The number of aliphatic carboxylic acids is 1. The van der Waals surface area contributed by atoms with Crippen LogP contribution in [0.1, 0.15) is 35.2 Å². The lowest BCUT2D eigenvalue weighted by molar-refractivity contribution is -0.137. The highest BCUT2D eigenvalue weighted by Gasteiger charge is 2.47. The van der Waals surface area contributed by atoms with Crippen LogP contribution >= 0.6 is 0 Å². The number of benzene rings is 1. The highest BCUT2D eigenvalue weighted by Crippen LogP contribution is 2.52. The number of hydrogen-bond donors (Lipinski definition) is 1. The first kappa shape index (κ1) is 11.7. The molecule has 0 amide bonds. The van der Waals surface area contributed by atoms with E-state index in [0.29, 0.717) is 24.7 Å². The van der Waals surface area contributed by atoms with Crippen LogP contribution in [0.3, 0.4) is 0 Å². The van der Waals surface area contributed by atoms with E-state index in [4.69, 9.17) is 5.11 Å². The summed E-state index contributed by atoms with van der Waals surface area (Å²) in [6, 6.07) is 1.76. The van der Waals surface area contributed by atoms with E-state index in [1.807, 2.05) is 0 Å². The van der Waals surface area contributed by atoms with Gasteiger partial charge in [0.15, 0.2) is 11.6 Å². The van der Waals surface area contributed by atoms with E-state index >= 15 is 0 Å². The second-order valence-corrected chi connectivity index (χ2v) is 4.32. The maximum atomic E-state index is 13.2. The van der Waals surface area contributed by atoms with Crippen LogP contribution < -0.4 is 0 Å². The second kappa shape index (κ2) is 3.91. The number of halogens is 2. The average molecular weight is 240 g/mol. The summed E-state index contributed by atoms with van der Waals surface area (Å²) in [6.45, 7) is 0. The lowest BCUT2D eigenvalue weighted by Crippen LogP contribution is -2.16. The monoisotopic (exact) mass is 240 g/mol. The molecular weight excluding hydrogens is 230 g/mol. The molecule has 1 saturated carbocycles. The van der Waals surface area contributed by atoms with Gasteiger partial charge in [-0.15, -0.1) is 0 Å². The maximum absolute atomic E-state index is 13.2. The van der Waals surface area contributed by atoms with Crippen LogP contribution in [0.2, 0.25) is 0 Å². The molecule has 0 unspecified atom stereocenters. The molecule has 0 aromatic heterocycles. The number of aldehydes is 1. The minimum Gasteiger partial charge on any atom is -0.481 e. The minimum atomic E-state index is -1.10. The molecule has 2 rings (SSSR count). The standard InChI is InChI=1S/C12H10F2O3/c13-9-3-7(6-15)8(4-10(9)14)12(1-2-12)5-11(16)17/h3-4,6H,1-2,5H2,(H,16,17). The topological polar surface area (TPSA) is 54.4 Å². The van der Waals surface area contributed by atoms with Crippen LogP contribution in [0.4, 0.5) is 8.78 Å². The predicted octanol–water partition coefficient (Wildman–Crippen LogP) is 2.28. The number of carbonyl (C=O) groups excluding carboxylic acids is 1. The summed E-state index contributed by atoms with van der Waals surface area (Å²) >= 11 is 0. The Balaban J connectivity index is 2.48. The maximum Gasteiger partial charge on any atom is 0.304 e. The molecule has 0 spiro atoms. The Labute approximate surface area is 96.1 Å². The molecule has 1 fully saturated rings. The molecular formula is C12H10F2O3. The van der Waals surface area contributed by atoms with Crippen molar-refractivity contribution in [3.63, 3.8) is 0 Å². The zero-order valence-corrected chi connectivity index (χ0v) is 8.87. The first-order chi connectivity index (χ1) is 7.98. The van der Waals surface area contributed by atoms with Crippen molar-refractivity contribution in [3.8, 4) is 0 Å². The molecule has 1 aliphatic carbocycles. The van der Waals surface area contributed by atoms with Crippen molar-refractivity contribution in [2.45, 2.75) is 24.7 Å². The third kappa shape index (κ3) is 2.05. The van der Waals surface area contributed by atoms with Gasteiger partial charge in [-0.2, -0.15) is 0 Å². The first-order valence-corrected chi connectivity index (χ1v) is 5.15. The van der Waals surface area contributed by atoms with Gasteiger partial charge in [0.2, 0.25) is 0 Å². The molecule has 1 aliphatic rings. The molecule has 0 bridgehead atoms. The van der Waals surface area contributed by atoms with Gasteiger partial charge >= 0.3 is 5.97 Å². The summed E-state index contributed by atoms with van der Waals surface area (Å²) < 4.78 is 26.1. The summed E-state index contributed by atoms with van der Waals surface area (Å²) in [6.07, 6.45) is 1.41. The SMILES string of the molecule is O=Cc1cc(F)c(F)cc1C1(CC(=O)O)CC1. The summed E-state index contributed by atoms with van der Waals surface area (Å²) in [5, 5.41) is 8.78. The molecule has 0 aliphatic heterocycles. The molecule has 17 heavy (non-hydrogen) atoms. The molecule has 0 heterocycles. The molecule has 3 nitrogen and oxygen atoms in total. The Morgan fingerprint density at radius 2 is 1.94 bits per heavy atom. The number of hydrogen-bond acceptors (Lipinski definition) is 2. The number of rotatable bonds is 4. The zero-order chi connectivity index (χ0) is 12.6. The molecule has 0 radical (unpaired) electrons. The molecule has 0 saturated heterocycles. The first-order valence-electron chi connectivity index (χ1n) is 5.15. The van der Waals surface area contributed by atoms with Crippen molar-refractivity contribution in [1.29, 1.82) is 0 Å². The highest BCUT2D eigenvalue weighted by molar-refractivity contribution is 5.80. The van der Waals surface area contributed by atoms with Gasteiger partial charge in [0, 0.05) is 11.0 Å². The predicted molar refractivity (Wildman–Crippen MR) is 54.9 cm³/mol. The Hall–Kier alpha value is -1.78. The van der Waals surface area contributed by atoms with E-state index in [0.717, 1.165) is 12.1 Å². The molecule has 1 aromatic carbocycles. The minimum absolute atomic E-state index is 0.0302. The van der Waals surface area contributed by atoms with Gasteiger partial charge in [-0.3, -0.25) is 9.59 Å². The number of carboxylic acid groups (broad SMARTS) is 1. The number of carboxylic acids is 1. The van der Waals surface area contributed by atoms with Crippen molar-refractivity contribution in [3.05, 3.63) is 34.9 Å². The smallest absolute Gasteiger partial charge is 0.304 e. The van der Waals surface area contributed by atoms with E-state index in [1.165, 1.54) is 0 Å². The van der Waals surface area contributed by atoms with Gasteiger partial charge in [-0.25, -0.2) is 8.78 Å². The third-order valence-corrected chi connectivity index (χ3v) is 3.13. The zero-order valence-electron chi connectivity index (χ0n) is 8.87. The van der Waals surface area contributed by atoms with Gasteiger partial charge in [0.25, 0.3) is 0 Å². The van der Waals surface area contributed by atoms with Gasteiger partial charge in [0.1, 0.15) is 6.29 Å². The molecule has 5 heteroatoms. The van der Waals surface area contributed by atoms with Crippen LogP contribution in [-0.2, 0) is 10.2 Å². The summed E-state index contributed by atoms with van der Waals surface area (Å²) in [5.74, 6) is -3.16. The Morgan fingerprint density at radius 3 is 2.41 bits per heavy atom. The van der Waals surface area contributed by atoms with Crippen molar-refractivity contribution in [2.24, 2.45) is 0 Å². The molecule has 0 atom stereocenters. The van der Waals surface area contributed by atoms with E-state index in [-0.39, 0.29) is 12.0 Å². The van der Waals surface area contributed by atoms with Crippen molar-refractivity contribution < 1.29 is 23.5 Å². The Morgan fingerprint density at radius 1 is 1.35 bits per heavy atom. The van der Waals surface area contributed by atoms with E-state index in [1.54, 1.807) is 0 Å². The Bertz CT molecular complexity index is 493. The van der Waals surface area contributed by atoms with Gasteiger partial charge < -0.3 is 5.11 Å². The van der Waals surface area contributed by atoms with Crippen LogP contribution in [0, 0.1) is 11.6 Å². The van der Waals surface area contributed by atoms with Crippen LogP contribution in [0.15, 0.2) is 12.1 Å². The fourth-order valence-corrected chi connectivity index (χ4v) is 2.10. The molecule has 1 aromatic rings. The quantitative estimate of drug-likeness (QED) is 0.821.